The van der Waals surface area contributed by atoms with E-state index in [4.69, 9.17) is 5.11 Å². The van der Waals surface area contributed by atoms with Gasteiger partial charge in [-0.2, -0.15) is 0 Å². The Bertz CT molecular complexity index is 157. The van der Waals surface area contributed by atoms with Crippen LogP contribution in [-0.2, 0) is 4.79 Å². The number of aliphatic hydroxyl groups is 1. The fourth-order valence-electron chi connectivity index (χ4n) is 1.25. The standard InChI is InChI=1S/C7H12O3/c1-7(2,10)5-3-4(5)6(8)9/h4-5,10H,3H2,1-2H3,(H,8,9)/t4-,5-/m0/s1. The summed E-state index contributed by atoms with van der Waals surface area (Å²) in [7, 11) is 0. The van der Waals surface area contributed by atoms with Crippen molar-refractivity contribution >= 4 is 5.97 Å². The lowest BCUT2D eigenvalue weighted by atomic mass is 10.0. The lowest BCUT2D eigenvalue weighted by Crippen LogP contribution is -2.24. The molecule has 0 saturated heterocycles. The van der Waals surface area contributed by atoms with E-state index in [2.05, 4.69) is 0 Å². The van der Waals surface area contributed by atoms with Crippen LogP contribution in [0.5, 0.6) is 0 Å². The van der Waals surface area contributed by atoms with Crippen molar-refractivity contribution in [2.45, 2.75) is 25.9 Å². The molecule has 0 aliphatic heterocycles. The summed E-state index contributed by atoms with van der Waals surface area (Å²) in [5.74, 6) is -1.13. The number of hydrogen-bond donors (Lipinski definition) is 2. The van der Waals surface area contributed by atoms with E-state index in [1.807, 2.05) is 0 Å². The Labute approximate surface area is 59.7 Å². The van der Waals surface area contributed by atoms with Gasteiger partial charge in [-0.1, -0.05) is 0 Å². The molecule has 0 aromatic rings. The Morgan fingerprint density at radius 1 is 1.60 bits per heavy atom. The van der Waals surface area contributed by atoms with E-state index < -0.39 is 11.6 Å². The highest BCUT2D eigenvalue weighted by molar-refractivity contribution is 5.73. The molecule has 0 radical (unpaired) electrons. The first-order chi connectivity index (χ1) is 4.43. The van der Waals surface area contributed by atoms with Crippen LogP contribution >= 0.6 is 0 Å². The van der Waals surface area contributed by atoms with Crippen LogP contribution in [0.2, 0.25) is 0 Å². The smallest absolute Gasteiger partial charge is 0.306 e. The Balaban J connectivity index is 2.46. The lowest BCUT2D eigenvalue weighted by molar-refractivity contribution is -0.139. The van der Waals surface area contributed by atoms with E-state index in [-0.39, 0.29) is 11.8 Å². The zero-order valence-corrected chi connectivity index (χ0v) is 6.16. The van der Waals surface area contributed by atoms with Gasteiger partial charge in [0.25, 0.3) is 0 Å². The Morgan fingerprint density at radius 3 is 2.20 bits per heavy atom. The highest BCUT2D eigenvalue weighted by Gasteiger charge is 2.51. The Hall–Kier alpha value is -0.570. The molecule has 2 N–H and O–H groups in total. The van der Waals surface area contributed by atoms with Crippen molar-refractivity contribution in [2.75, 3.05) is 0 Å². The summed E-state index contributed by atoms with van der Waals surface area (Å²) in [5, 5.41) is 17.8. The van der Waals surface area contributed by atoms with Gasteiger partial charge >= 0.3 is 5.97 Å². The highest BCUT2D eigenvalue weighted by atomic mass is 16.4. The molecule has 1 rings (SSSR count). The second-order valence-corrected chi connectivity index (χ2v) is 3.44. The van der Waals surface area contributed by atoms with Gasteiger partial charge in [-0.15, -0.1) is 0 Å². The molecule has 2 atom stereocenters. The zero-order valence-electron chi connectivity index (χ0n) is 6.16. The molecular weight excluding hydrogens is 132 g/mol. The normalized spacial score (nSPS) is 31.9. The Morgan fingerprint density at radius 2 is 2.10 bits per heavy atom. The molecule has 0 aromatic carbocycles. The second-order valence-electron chi connectivity index (χ2n) is 3.44. The van der Waals surface area contributed by atoms with Crippen molar-refractivity contribution in [1.82, 2.24) is 0 Å². The van der Waals surface area contributed by atoms with Gasteiger partial charge in [0.1, 0.15) is 0 Å². The molecule has 0 amide bonds. The third-order valence-corrected chi connectivity index (χ3v) is 2.02. The van der Waals surface area contributed by atoms with Crippen LogP contribution in [0.15, 0.2) is 0 Å². The lowest BCUT2D eigenvalue weighted by Gasteiger charge is -2.15. The molecule has 0 heterocycles. The monoisotopic (exact) mass is 144 g/mol. The van der Waals surface area contributed by atoms with Gasteiger partial charge in [0.2, 0.25) is 0 Å². The van der Waals surface area contributed by atoms with Crippen LogP contribution in [0.25, 0.3) is 0 Å². The number of carboxylic acid groups (broad SMARTS) is 1. The minimum absolute atomic E-state index is 0.0370. The SMILES string of the molecule is CC(C)(O)[C@H]1C[C@@H]1C(=O)O. The van der Waals surface area contributed by atoms with Crippen molar-refractivity contribution in [2.24, 2.45) is 11.8 Å². The molecule has 10 heavy (non-hydrogen) atoms. The number of rotatable bonds is 2. The molecular formula is C7H12O3. The van der Waals surface area contributed by atoms with Crippen LogP contribution in [0, 0.1) is 11.8 Å². The van der Waals surface area contributed by atoms with Gasteiger partial charge in [-0.05, 0) is 20.3 Å². The predicted octanol–water partition coefficient (Wildman–Crippen LogP) is 0.478. The zero-order chi connectivity index (χ0) is 7.94. The van der Waals surface area contributed by atoms with Crippen molar-refractivity contribution in [3.05, 3.63) is 0 Å². The minimum Gasteiger partial charge on any atom is -0.481 e. The average molecular weight is 144 g/mol. The van der Waals surface area contributed by atoms with Crippen molar-refractivity contribution < 1.29 is 15.0 Å². The summed E-state index contributed by atoms with van der Waals surface area (Å²) < 4.78 is 0. The van der Waals surface area contributed by atoms with Crippen molar-refractivity contribution in [3.63, 3.8) is 0 Å². The minimum atomic E-state index is -0.816. The maximum atomic E-state index is 10.3. The quantitative estimate of drug-likeness (QED) is 0.592. The highest BCUT2D eigenvalue weighted by Crippen LogP contribution is 2.46. The first-order valence-corrected chi connectivity index (χ1v) is 3.38. The molecule has 0 spiro atoms. The fraction of sp³-hybridized carbons (Fsp3) is 0.857. The van der Waals surface area contributed by atoms with Gasteiger partial charge in [-0.3, -0.25) is 4.79 Å². The number of aliphatic carboxylic acids is 1. The van der Waals surface area contributed by atoms with Gasteiger partial charge < -0.3 is 10.2 Å². The molecule has 1 saturated carbocycles. The topological polar surface area (TPSA) is 57.5 Å². The maximum absolute atomic E-state index is 10.3. The van der Waals surface area contributed by atoms with E-state index in [1.165, 1.54) is 0 Å². The molecule has 0 aromatic heterocycles. The first kappa shape index (κ1) is 7.54. The molecule has 58 valence electrons. The molecule has 1 aliphatic carbocycles. The van der Waals surface area contributed by atoms with E-state index >= 15 is 0 Å². The fourth-order valence-corrected chi connectivity index (χ4v) is 1.25. The first-order valence-electron chi connectivity index (χ1n) is 3.38. The van der Waals surface area contributed by atoms with E-state index in [9.17, 15) is 9.90 Å². The van der Waals surface area contributed by atoms with Gasteiger partial charge in [0.05, 0.1) is 11.5 Å². The van der Waals surface area contributed by atoms with E-state index in [0.29, 0.717) is 6.42 Å². The molecule has 3 heteroatoms. The maximum Gasteiger partial charge on any atom is 0.306 e. The van der Waals surface area contributed by atoms with Crippen LogP contribution in [0.3, 0.4) is 0 Å². The summed E-state index contributed by atoms with van der Waals surface area (Å²) in [4.78, 5) is 10.3. The van der Waals surface area contributed by atoms with Crippen molar-refractivity contribution in [3.8, 4) is 0 Å². The van der Waals surface area contributed by atoms with Crippen molar-refractivity contribution in [1.29, 1.82) is 0 Å². The van der Waals surface area contributed by atoms with E-state index in [0.717, 1.165) is 0 Å². The molecule has 1 aliphatic rings. The summed E-state index contributed by atoms with van der Waals surface area (Å²) in [6, 6.07) is 0. The van der Waals surface area contributed by atoms with Crippen LogP contribution < -0.4 is 0 Å². The summed E-state index contributed by atoms with van der Waals surface area (Å²) in [5.41, 5.74) is -0.816. The van der Waals surface area contributed by atoms with Crippen LogP contribution in [0.1, 0.15) is 20.3 Å². The number of carbonyl (C=O) groups is 1. The number of hydrogen-bond acceptors (Lipinski definition) is 2. The van der Waals surface area contributed by atoms with E-state index in [1.54, 1.807) is 13.8 Å². The Kier molecular flexibility index (Phi) is 1.47. The predicted molar refractivity (Wildman–Crippen MR) is 35.5 cm³/mol. The van der Waals surface area contributed by atoms with Gasteiger partial charge in [0.15, 0.2) is 0 Å². The van der Waals surface area contributed by atoms with Crippen LogP contribution in [0.4, 0.5) is 0 Å². The average Bonchev–Trinajstić information content (AvgIpc) is 2.35. The molecule has 0 unspecified atom stereocenters. The summed E-state index contributed by atoms with van der Waals surface area (Å²) in [6.07, 6.45) is 0.624. The molecule has 3 nitrogen and oxygen atoms in total. The number of carboxylic acids is 1. The molecule has 1 fully saturated rings. The third-order valence-electron chi connectivity index (χ3n) is 2.02. The van der Waals surface area contributed by atoms with Gasteiger partial charge in [0, 0.05) is 5.92 Å². The summed E-state index contributed by atoms with van der Waals surface area (Å²) in [6.45, 7) is 3.31. The molecule has 0 bridgehead atoms. The van der Waals surface area contributed by atoms with Crippen LogP contribution in [-0.4, -0.2) is 21.8 Å². The summed E-state index contributed by atoms with van der Waals surface area (Å²) >= 11 is 0. The second kappa shape index (κ2) is 1.95. The van der Waals surface area contributed by atoms with Gasteiger partial charge in [-0.25, -0.2) is 0 Å². The largest absolute Gasteiger partial charge is 0.481 e. The third kappa shape index (κ3) is 1.29.